The first-order valence-corrected chi connectivity index (χ1v) is 10.6. The lowest BCUT2D eigenvalue weighted by molar-refractivity contribution is 0.253. The van der Waals surface area contributed by atoms with Crippen LogP contribution in [0.2, 0.25) is 0 Å². The van der Waals surface area contributed by atoms with Crippen LogP contribution in [0.4, 0.5) is 8.78 Å². The fourth-order valence-corrected chi connectivity index (χ4v) is 4.59. The van der Waals surface area contributed by atoms with Gasteiger partial charge in [0, 0.05) is 12.5 Å². The molecule has 1 aliphatic rings. The largest absolute Gasteiger partial charge is 0.491 e. The number of halogens is 2. The van der Waals surface area contributed by atoms with Gasteiger partial charge in [0.1, 0.15) is 41.1 Å². The molecule has 5 rings (SSSR count). The van der Waals surface area contributed by atoms with E-state index in [4.69, 9.17) is 4.74 Å². The number of aliphatic hydroxyl groups is 1. The number of ether oxygens (including phenoxy) is 1. The van der Waals surface area contributed by atoms with Gasteiger partial charge in [0.05, 0.1) is 16.4 Å². The number of aliphatic hydroxyl groups excluding tert-OH is 1. The van der Waals surface area contributed by atoms with Crippen molar-refractivity contribution in [2.75, 3.05) is 6.61 Å². The Hall–Kier alpha value is -3.61. The number of hydrogen-bond acceptors (Lipinski definition) is 6. The fourth-order valence-electron chi connectivity index (χ4n) is 3.41. The van der Waals surface area contributed by atoms with Crippen molar-refractivity contribution in [3.63, 3.8) is 0 Å². The Morgan fingerprint density at radius 3 is 2.91 bits per heavy atom. The van der Waals surface area contributed by atoms with E-state index in [-0.39, 0.29) is 5.69 Å². The Labute approximate surface area is 186 Å². The van der Waals surface area contributed by atoms with Gasteiger partial charge >= 0.3 is 0 Å². The normalized spacial score (nSPS) is 13.2. The van der Waals surface area contributed by atoms with Crippen LogP contribution in [0.5, 0.6) is 5.75 Å². The summed E-state index contributed by atoms with van der Waals surface area (Å²) in [6.07, 6.45) is 1.24. The Morgan fingerprint density at radius 1 is 1.22 bits per heavy atom. The number of thiophene rings is 1. The highest BCUT2D eigenvalue weighted by Gasteiger charge is 2.23. The minimum Gasteiger partial charge on any atom is -0.491 e. The Kier molecular flexibility index (Phi) is 5.17. The van der Waals surface area contributed by atoms with E-state index in [0.29, 0.717) is 36.0 Å². The second-order valence-corrected chi connectivity index (χ2v) is 8.20. The van der Waals surface area contributed by atoms with Gasteiger partial charge in [0.15, 0.2) is 11.6 Å². The zero-order chi connectivity index (χ0) is 22.2. The van der Waals surface area contributed by atoms with Crippen molar-refractivity contribution < 1.29 is 18.6 Å². The van der Waals surface area contributed by atoms with Crippen LogP contribution in [0.25, 0.3) is 27.0 Å². The third-order valence-corrected chi connectivity index (χ3v) is 6.01. The predicted octanol–water partition coefficient (Wildman–Crippen LogP) is 4.00. The van der Waals surface area contributed by atoms with Gasteiger partial charge in [0.25, 0.3) is 0 Å². The van der Waals surface area contributed by atoms with Crippen molar-refractivity contribution >= 4 is 11.3 Å². The summed E-state index contributed by atoms with van der Waals surface area (Å²) < 4.78 is 34.9. The van der Waals surface area contributed by atoms with E-state index in [1.54, 1.807) is 13.0 Å². The van der Waals surface area contributed by atoms with E-state index in [1.165, 1.54) is 34.5 Å². The van der Waals surface area contributed by atoms with Gasteiger partial charge in [0.2, 0.25) is 0 Å². The van der Waals surface area contributed by atoms with E-state index in [2.05, 4.69) is 26.9 Å². The first kappa shape index (κ1) is 20.3. The molecule has 0 bridgehead atoms. The molecule has 4 aromatic rings. The molecule has 160 valence electrons. The summed E-state index contributed by atoms with van der Waals surface area (Å²) in [5, 5.41) is 13.6. The standard InChI is InChI=1S/C23H16F2N4O2S/c1-13(30)2-4-16-5-7-19-21(28-16)22-14(8-9-31-19)10-20(32-22)23-26-12-27-29(23)18-6-3-15(24)11-17(18)25/h3,5-7,10-13,30H,8-9H2,1H3. The number of hydrogen-bond donors (Lipinski definition) is 1. The van der Waals surface area contributed by atoms with Crippen LogP contribution in [-0.4, -0.2) is 37.6 Å². The summed E-state index contributed by atoms with van der Waals surface area (Å²) in [6.45, 7) is 2.07. The molecule has 0 fully saturated rings. The molecular formula is C23H16F2N4O2S. The molecule has 0 amide bonds. The second-order valence-electron chi connectivity index (χ2n) is 7.14. The van der Waals surface area contributed by atoms with Gasteiger partial charge < -0.3 is 9.84 Å². The topological polar surface area (TPSA) is 73.1 Å². The molecular weight excluding hydrogens is 434 g/mol. The molecule has 0 saturated carbocycles. The smallest absolute Gasteiger partial charge is 0.173 e. The molecule has 1 atom stereocenters. The molecule has 0 saturated heterocycles. The molecule has 3 aromatic heterocycles. The summed E-state index contributed by atoms with van der Waals surface area (Å²) in [7, 11) is 0. The molecule has 0 aliphatic carbocycles. The molecule has 1 unspecified atom stereocenters. The molecule has 0 radical (unpaired) electrons. The van der Waals surface area contributed by atoms with Gasteiger partial charge in [-0.1, -0.05) is 5.92 Å². The molecule has 0 spiro atoms. The molecule has 4 heterocycles. The minimum absolute atomic E-state index is 0.111. The first-order valence-electron chi connectivity index (χ1n) is 9.82. The van der Waals surface area contributed by atoms with Crippen molar-refractivity contribution in [2.45, 2.75) is 19.4 Å². The highest BCUT2D eigenvalue weighted by molar-refractivity contribution is 7.19. The summed E-state index contributed by atoms with van der Waals surface area (Å²) in [6, 6.07) is 8.87. The monoisotopic (exact) mass is 450 g/mol. The number of rotatable bonds is 2. The lowest BCUT2D eigenvalue weighted by Gasteiger charge is -2.07. The van der Waals surface area contributed by atoms with Crippen LogP contribution >= 0.6 is 11.3 Å². The second kappa shape index (κ2) is 8.15. The summed E-state index contributed by atoms with van der Waals surface area (Å²) in [4.78, 5) is 10.6. The van der Waals surface area contributed by atoms with Crippen molar-refractivity contribution in [3.05, 3.63) is 65.6 Å². The van der Waals surface area contributed by atoms with E-state index in [1.807, 2.05) is 12.1 Å². The lowest BCUT2D eigenvalue weighted by Crippen LogP contribution is -2.02. The summed E-state index contributed by atoms with van der Waals surface area (Å²) >= 11 is 1.44. The highest BCUT2D eigenvalue weighted by Crippen LogP contribution is 2.42. The fraction of sp³-hybridized carbons (Fsp3) is 0.174. The van der Waals surface area contributed by atoms with Gasteiger partial charge in [-0.3, -0.25) is 0 Å². The average Bonchev–Trinajstić information content (AvgIpc) is 3.36. The SMILES string of the molecule is CC(O)C#Cc1ccc2c(n1)-c1sc(-c3ncnn3-c3ccc(F)cc3F)cc1CCO2. The average molecular weight is 450 g/mol. The quantitative estimate of drug-likeness (QED) is 0.468. The van der Waals surface area contributed by atoms with Crippen LogP contribution < -0.4 is 4.74 Å². The van der Waals surface area contributed by atoms with E-state index < -0.39 is 17.7 Å². The van der Waals surface area contributed by atoms with Gasteiger partial charge in [-0.15, -0.1) is 11.3 Å². The van der Waals surface area contributed by atoms with Crippen molar-refractivity contribution in [2.24, 2.45) is 0 Å². The van der Waals surface area contributed by atoms with Crippen LogP contribution in [0.15, 0.2) is 42.7 Å². The molecule has 6 nitrogen and oxygen atoms in total. The number of nitrogens with zero attached hydrogens (tertiary/aromatic N) is 4. The summed E-state index contributed by atoms with van der Waals surface area (Å²) in [5.41, 5.74) is 2.31. The third-order valence-electron chi connectivity index (χ3n) is 4.83. The van der Waals surface area contributed by atoms with E-state index in [0.717, 1.165) is 21.4 Å². The Morgan fingerprint density at radius 2 is 2.09 bits per heavy atom. The third kappa shape index (κ3) is 3.75. The first-order chi connectivity index (χ1) is 15.5. The molecule has 1 aromatic carbocycles. The zero-order valence-corrected chi connectivity index (χ0v) is 17.7. The molecule has 1 aliphatic heterocycles. The van der Waals surface area contributed by atoms with Crippen LogP contribution in [0, 0.1) is 23.5 Å². The maximum Gasteiger partial charge on any atom is 0.173 e. The van der Waals surface area contributed by atoms with Crippen LogP contribution in [-0.2, 0) is 6.42 Å². The van der Waals surface area contributed by atoms with Gasteiger partial charge in [-0.25, -0.2) is 23.4 Å². The highest BCUT2D eigenvalue weighted by atomic mass is 32.1. The summed E-state index contributed by atoms with van der Waals surface area (Å²) in [5.74, 6) is 5.26. The maximum absolute atomic E-state index is 14.4. The zero-order valence-electron chi connectivity index (χ0n) is 16.8. The lowest BCUT2D eigenvalue weighted by atomic mass is 10.1. The molecule has 1 N–H and O–H groups in total. The molecule has 9 heteroatoms. The van der Waals surface area contributed by atoms with Crippen LogP contribution in [0.3, 0.4) is 0 Å². The van der Waals surface area contributed by atoms with Gasteiger partial charge in [-0.05, 0) is 48.7 Å². The Balaban J connectivity index is 1.61. The van der Waals surface area contributed by atoms with E-state index >= 15 is 0 Å². The molecule has 32 heavy (non-hydrogen) atoms. The number of benzene rings is 1. The number of aromatic nitrogens is 4. The minimum atomic E-state index is -0.756. The van der Waals surface area contributed by atoms with Crippen molar-refractivity contribution in [3.8, 4) is 44.6 Å². The van der Waals surface area contributed by atoms with Crippen molar-refractivity contribution in [1.29, 1.82) is 0 Å². The van der Waals surface area contributed by atoms with Crippen LogP contribution in [0.1, 0.15) is 18.2 Å². The predicted molar refractivity (Wildman–Crippen MR) is 116 cm³/mol. The maximum atomic E-state index is 14.4. The van der Waals surface area contributed by atoms with Crippen molar-refractivity contribution in [1.82, 2.24) is 19.7 Å². The van der Waals surface area contributed by atoms with Gasteiger partial charge in [-0.2, -0.15) is 5.10 Å². The number of pyridine rings is 1. The number of fused-ring (bicyclic) bond motifs is 3. The Bertz CT molecular complexity index is 1380. The van der Waals surface area contributed by atoms with E-state index in [9.17, 15) is 13.9 Å².